The van der Waals surface area contributed by atoms with E-state index in [2.05, 4.69) is 20.8 Å². The molecule has 126 valence electrons. The minimum absolute atomic E-state index is 0.0160. The van der Waals surface area contributed by atoms with Crippen LogP contribution in [-0.4, -0.2) is 39.6 Å². The van der Waals surface area contributed by atoms with Crippen LogP contribution >= 0.6 is 0 Å². The highest BCUT2D eigenvalue weighted by Gasteiger charge is 2.34. The van der Waals surface area contributed by atoms with E-state index < -0.39 is 0 Å². The molecular formula is C17H26N4O2. The zero-order valence-electron chi connectivity index (χ0n) is 14.2. The molecule has 0 bridgehead atoms. The van der Waals surface area contributed by atoms with Gasteiger partial charge >= 0.3 is 0 Å². The van der Waals surface area contributed by atoms with E-state index in [1.807, 2.05) is 15.6 Å². The molecule has 2 amide bonds. The monoisotopic (exact) mass is 318 g/mol. The highest BCUT2D eigenvalue weighted by molar-refractivity contribution is 5.93. The summed E-state index contributed by atoms with van der Waals surface area (Å²) in [5.74, 6) is 0.175. The van der Waals surface area contributed by atoms with Crippen LogP contribution < -0.4 is 5.73 Å². The van der Waals surface area contributed by atoms with E-state index in [1.54, 1.807) is 0 Å². The van der Waals surface area contributed by atoms with Crippen molar-refractivity contribution in [2.24, 2.45) is 11.7 Å². The first-order chi connectivity index (χ1) is 10.8. The Morgan fingerprint density at radius 2 is 1.78 bits per heavy atom. The van der Waals surface area contributed by atoms with Gasteiger partial charge in [-0.1, -0.05) is 0 Å². The minimum atomic E-state index is -0.257. The summed E-state index contributed by atoms with van der Waals surface area (Å²) in [5, 5.41) is 4.70. The number of carbonyl (C=O) groups is 2. The van der Waals surface area contributed by atoms with Gasteiger partial charge in [0.05, 0.1) is 11.2 Å². The van der Waals surface area contributed by atoms with Crippen LogP contribution in [-0.2, 0) is 10.3 Å². The van der Waals surface area contributed by atoms with Gasteiger partial charge in [0.25, 0.3) is 5.91 Å². The summed E-state index contributed by atoms with van der Waals surface area (Å²) < 4.78 is 1.86. The molecule has 23 heavy (non-hydrogen) atoms. The Labute approximate surface area is 137 Å². The first-order valence-electron chi connectivity index (χ1n) is 8.46. The van der Waals surface area contributed by atoms with Crippen molar-refractivity contribution in [3.63, 3.8) is 0 Å². The molecule has 2 aliphatic rings. The summed E-state index contributed by atoms with van der Waals surface area (Å²) in [5.41, 5.74) is 6.84. The molecule has 0 atom stereocenters. The third kappa shape index (κ3) is 3.26. The third-order valence-electron chi connectivity index (χ3n) is 4.76. The Morgan fingerprint density at radius 3 is 2.26 bits per heavy atom. The van der Waals surface area contributed by atoms with E-state index >= 15 is 0 Å². The lowest BCUT2D eigenvalue weighted by molar-refractivity contribution is -0.123. The summed E-state index contributed by atoms with van der Waals surface area (Å²) in [4.78, 5) is 26.1. The Kier molecular flexibility index (Phi) is 3.94. The number of hydrogen-bond donors (Lipinski definition) is 1. The fourth-order valence-electron chi connectivity index (χ4n) is 3.17. The van der Waals surface area contributed by atoms with E-state index in [0.717, 1.165) is 5.69 Å². The van der Waals surface area contributed by atoms with Crippen molar-refractivity contribution < 1.29 is 9.59 Å². The molecule has 1 aliphatic heterocycles. The van der Waals surface area contributed by atoms with Gasteiger partial charge in [0, 0.05) is 24.9 Å². The average molecular weight is 318 g/mol. The van der Waals surface area contributed by atoms with Crippen molar-refractivity contribution in [2.45, 2.75) is 57.9 Å². The van der Waals surface area contributed by atoms with Crippen molar-refractivity contribution in [3.8, 4) is 0 Å². The maximum Gasteiger partial charge on any atom is 0.272 e. The predicted molar refractivity (Wildman–Crippen MR) is 87.0 cm³/mol. The number of aromatic nitrogens is 2. The number of rotatable bonds is 3. The van der Waals surface area contributed by atoms with Gasteiger partial charge in [-0.3, -0.25) is 14.3 Å². The quantitative estimate of drug-likeness (QED) is 0.923. The van der Waals surface area contributed by atoms with Crippen molar-refractivity contribution in [1.82, 2.24) is 14.7 Å². The number of primary amides is 1. The Morgan fingerprint density at radius 1 is 1.17 bits per heavy atom. The lowest BCUT2D eigenvalue weighted by Gasteiger charge is -2.31. The fourth-order valence-corrected chi connectivity index (χ4v) is 3.17. The largest absolute Gasteiger partial charge is 0.369 e. The second kappa shape index (κ2) is 5.65. The molecule has 1 aromatic rings. The number of likely N-dealkylation sites (tertiary alicyclic amines) is 1. The summed E-state index contributed by atoms with van der Waals surface area (Å²) in [6.45, 7) is 7.35. The number of carbonyl (C=O) groups excluding carboxylic acids is 2. The Balaban J connectivity index is 1.80. The van der Waals surface area contributed by atoms with Gasteiger partial charge in [-0.2, -0.15) is 5.10 Å². The topological polar surface area (TPSA) is 81.2 Å². The van der Waals surface area contributed by atoms with Gasteiger partial charge < -0.3 is 10.6 Å². The maximum atomic E-state index is 12.9. The molecule has 1 saturated carbocycles. The lowest BCUT2D eigenvalue weighted by Crippen LogP contribution is -2.43. The van der Waals surface area contributed by atoms with Crippen molar-refractivity contribution in [2.75, 3.05) is 13.1 Å². The number of amides is 2. The number of nitrogens with two attached hydrogens (primary N) is 1. The molecule has 6 heteroatoms. The summed E-state index contributed by atoms with van der Waals surface area (Å²) in [6, 6.07) is 1.96. The van der Waals surface area contributed by atoms with Crippen LogP contribution in [0.2, 0.25) is 0 Å². The Bertz CT molecular complexity index is 617. The molecule has 1 aliphatic carbocycles. The van der Waals surface area contributed by atoms with Crippen LogP contribution in [0.25, 0.3) is 0 Å². The minimum Gasteiger partial charge on any atom is -0.369 e. The average Bonchev–Trinajstić information content (AvgIpc) is 3.24. The van der Waals surface area contributed by atoms with Crippen LogP contribution in [0.4, 0.5) is 0 Å². The van der Waals surface area contributed by atoms with Gasteiger partial charge in [0.2, 0.25) is 5.91 Å². The van der Waals surface area contributed by atoms with Crippen molar-refractivity contribution in [1.29, 1.82) is 0 Å². The number of hydrogen-bond acceptors (Lipinski definition) is 3. The molecular weight excluding hydrogens is 292 g/mol. The molecule has 1 saturated heterocycles. The van der Waals surface area contributed by atoms with Crippen LogP contribution in [0.1, 0.15) is 68.6 Å². The van der Waals surface area contributed by atoms with E-state index in [1.165, 1.54) is 12.8 Å². The fraction of sp³-hybridized carbons (Fsp3) is 0.706. The van der Waals surface area contributed by atoms with Gasteiger partial charge in [-0.15, -0.1) is 0 Å². The number of piperidine rings is 1. The van der Waals surface area contributed by atoms with E-state index in [4.69, 9.17) is 10.8 Å². The first-order valence-corrected chi connectivity index (χ1v) is 8.46. The molecule has 0 radical (unpaired) electrons. The third-order valence-corrected chi connectivity index (χ3v) is 4.76. The number of nitrogens with zero attached hydrogens (tertiary/aromatic N) is 3. The highest BCUT2D eigenvalue weighted by atomic mass is 16.2. The molecule has 3 rings (SSSR count). The lowest BCUT2D eigenvalue weighted by atomic mass is 9.96. The van der Waals surface area contributed by atoms with Crippen LogP contribution in [0.15, 0.2) is 6.07 Å². The van der Waals surface area contributed by atoms with Crippen LogP contribution in [0.5, 0.6) is 0 Å². The van der Waals surface area contributed by atoms with Gasteiger partial charge in [0.1, 0.15) is 5.69 Å². The molecule has 2 heterocycles. The second-order valence-electron chi connectivity index (χ2n) is 7.78. The van der Waals surface area contributed by atoms with Gasteiger partial charge in [0.15, 0.2) is 0 Å². The molecule has 2 fully saturated rings. The van der Waals surface area contributed by atoms with Crippen LogP contribution in [0.3, 0.4) is 0 Å². The maximum absolute atomic E-state index is 12.9. The molecule has 6 nitrogen and oxygen atoms in total. The highest BCUT2D eigenvalue weighted by Crippen LogP contribution is 2.40. The molecule has 0 aromatic carbocycles. The van der Waals surface area contributed by atoms with Gasteiger partial charge in [-0.25, -0.2) is 0 Å². The second-order valence-corrected chi connectivity index (χ2v) is 7.78. The van der Waals surface area contributed by atoms with Crippen LogP contribution in [0, 0.1) is 5.92 Å². The standard InChI is InChI=1S/C17H26N4O2/c1-17(2,3)21-14(10-13(19-21)11-4-5-11)16(23)20-8-6-12(7-9-20)15(18)22/h10-12H,4-9H2,1-3H3,(H2,18,22). The zero-order chi connectivity index (χ0) is 16.8. The Hall–Kier alpha value is -1.85. The SMILES string of the molecule is CC(C)(C)n1nc(C2CC2)cc1C(=O)N1CCC(C(N)=O)CC1. The summed E-state index contributed by atoms with van der Waals surface area (Å²) in [6.07, 6.45) is 3.64. The molecule has 0 unspecified atom stereocenters. The normalized spacial score (nSPS) is 19.9. The summed E-state index contributed by atoms with van der Waals surface area (Å²) >= 11 is 0. The van der Waals surface area contributed by atoms with E-state index in [9.17, 15) is 9.59 Å². The molecule has 0 spiro atoms. The van der Waals surface area contributed by atoms with E-state index in [0.29, 0.717) is 37.5 Å². The molecule has 2 N–H and O–H groups in total. The predicted octanol–water partition coefficient (Wildman–Crippen LogP) is 1.85. The van der Waals surface area contributed by atoms with Crippen molar-refractivity contribution >= 4 is 11.8 Å². The first kappa shape index (κ1) is 16.0. The smallest absolute Gasteiger partial charge is 0.272 e. The van der Waals surface area contributed by atoms with Crippen molar-refractivity contribution in [3.05, 3.63) is 17.5 Å². The van der Waals surface area contributed by atoms with E-state index in [-0.39, 0.29) is 23.3 Å². The van der Waals surface area contributed by atoms with Gasteiger partial charge in [-0.05, 0) is 52.5 Å². The zero-order valence-corrected chi connectivity index (χ0v) is 14.2. The molecule has 1 aromatic heterocycles. The summed E-state index contributed by atoms with van der Waals surface area (Å²) in [7, 11) is 0.